The molecule has 12 atom stereocenters. The van der Waals surface area contributed by atoms with Crippen LogP contribution in [0, 0.1) is 29.6 Å². The van der Waals surface area contributed by atoms with Crippen LogP contribution in [0.15, 0.2) is 126 Å². The van der Waals surface area contributed by atoms with E-state index < -0.39 is 113 Å². The zero-order chi connectivity index (χ0) is 48.3. The first-order valence-corrected chi connectivity index (χ1v) is 22.7. The topological polar surface area (TPSA) is 210 Å². The van der Waals surface area contributed by atoms with Crippen molar-refractivity contribution < 1.29 is 67.4 Å². The van der Waals surface area contributed by atoms with Gasteiger partial charge in [-0.05, 0) is 74.2 Å². The van der Waals surface area contributed by atoms with Crippen LogP contribution in [-0.4, -0.2) is 94.3 Å². The molecule has 0 bridgehead atoms. The summed E-state index contributed by atoms with van der Waals surface area (Å²) in [4.78, 5) is 85.4. The second kappa shape index (κ2) is 17.4. The standard InChI is InChI=1S/C53H53NO14/c1-29-21-23-32(24-22-29)26-64-49(61)66-43(41(33-15-9-6-10-16-33)54-46(58)34-17-11-7-12-18-34)48(60)68-53-28-52(62)45(67-47(59)35-19-13-8-14-20-35)40-36-27-63-37(36)25-38(56)50(40,4)44(57)42(65-31(3)55)39(30(53)2)51(52,53)5/h6-24,36-38,40-43,45,56,62H,25-28H2,1-5H3,(H,54,58)/t36-,37?,38?,40+,41?,42?,43-,45+,50?,51?,52?,53-/m1/s1. The van der Waals surface area contributed by atoms with E-state index in [2.05, 4.69) is 5.32 Å². The first-order chi connectivity index (χ1) is 32.4. The summed E-state index contributed by atoms with van der Waals surface area (Å²) in [7, 11) is 0. The molecule has 3 N–H and O–H groups in total. The quantitative estimate of drug-likeness (QED) is 0.0836. The molecule has 4 fully saturated rings. The maximum atomic E-state index is 15.3. The van der Waals surface area contributed by atoms with Gasteiger partial charge in [-0.25, -0.2) is 14.4 Å². The van der Waals surface area contributed by atoms with Crippen LogP contribution in [0.3, 0.4) is 0 Å². The minimum atomic E-state index is -2.15. The summed E-state index contributed by atoms with van der Waals surface area (Å²) in [6.07, 6.45) is -8.68. The monoisotopic (exact) mass is 927 g/mol. The van der Waals surface area contributed by atoms with Gasteiger partial charge in [0.15, 0.2) is 11.9 Å². The summed E-state index contributed by atoms with van der Waals surface area (Å²) >= 11 is 0. The highest BCUT2D eigenvalue weighted by Gasteiger charge is 2.88. The van der Waals surface area contributed by atoms with Crippen LogP contribution in [0.4, 0.5) is 4.79 Å². The number of carbonyl (C=O) groups excluding carboxylic acids is 6. The Morgan fingerprint density at radius 1 is 0.838 bits per heavy atom. The van der Waals surface area contributed by atoms with Gasteiger partial charge in [0, 0.05) is 37.2 Å². The van der Waals surface area contributed by atoms with E-state index in [1.54, 1.807) is 124 Å². The predicted octanol–water partition coefficient (Wildman–Crippen LogP) is 6.08. The van der Waals surface area contributed by atoms with Gasteiger partial charge < -0.3 is 44.0 Å². The lowest BCUT2D eigenvalue weighted by Gasteiger charge is -2.77. The molecular weight excluding hydrogens is 875 g/mol. The highest BCUT2D eigenvalue weighted by molar-refractivity contribution is 5.97. The average Bonchev–Trinajstić information content (AvgIpc) is 3.33. The molecule has 354 valence electrons. The van der Waals surface area contributed by atoms with E-state index in [9.17, 15) is 29.4 Å². The van der Waals surface area contributed by atoms with Crippen molar-refractivity contribution in [2.24, 2.45) is 22.7 Å². The number of hydrogen-bond acceptors (Lipinski definition) is 14. The number of Topliss-reactive ketones (excluding diaryl/α,β-unsaturated/α-hetero) is 1. The third-order valence-corrected chi connectivity index (χ3v) is 15.4. The van der Waals surface area contributed by atoms with Gasteiger partial charge in [-0.15, -0.1) is 0 Å². The molecule has 7 unspecified atom stereocenters. The van der Waals surface area contributed by atoms with Crippen LogP contribution in [0.5, 0.6) is 0 Å². The fourth-order valence-corrected chi connectivity index (χ4v) is 11.6. The first-order valence-electron chi connectivity index (χ1n) is 22.7. The number of nitrogens with one attached hydrogen (secondary N) is 1. The number of ether oxygens (including phenoxy) is 6. The Balaban J connectivity index is 1.14. The number of hydrogen-bond donors (Lipinski definition) is 3. The van der Waals surface area contributed by atoms with E-state index in [0.29, 0.717) is 11.1 Å². The summed E-state index contributed by atoms with van der Waals surface area (Å²) in [5.74, 6) is -5.70. The highest BCUT2D eigenvalue weighted by atomic mass is 16.7. The summed E-state index contributed by atoms with van der Waals surface area (Å²) in [6.45, 7) is 7.60. The number of rotatable bonds is 12. The molecule has 3 saturated carbocycles. The lowest BCUT2D eigenvalue weighted by molar-refractivity contribution is -0.349. The third kappa shape index (κ3) is 7.29. The number of ketones is 1. The molecule has 1 heterocycles. The molecule has 1 aliphatic heterocycles. The maximum absolute atomic E-state index is 15.3. The Hall–Kier alpha value is -6.68. The summed E-state index contributed by atoms with van der Waals surface area (Å²) in [5, 5.41) is 28.3. The van der Waals surface area contributed by atoms with E-state index in [1.165, 1.54) is 0 Å². The van der Waals surface area contributed by atoms with Crippen LogP contribution in [0.2, 0.25) is 0 Å². The van der Waals surface area contributed by atoms with Crippen LogP contribution in [-0.2, 0) is 49.4 Å². The number of carbonyl (C=O) groups is 6. The molecular formula is C53H53NO14. The molecule has 0 radical (unpaired) electrons. The number of aliphatic hydroxyl groups excluding tert-OH is 1. The van der Waals surface area contributed by atoms with Crippen LogP contribution >= 0.6 is 0 Å². The predicted molar refractivity (Wildman–Crippen MR) is 240 cm³/mol. The molecule has 9 rings (SSSR count). The number of benzene rings is 4. The van der Waals surface area contributed by atoms with Crippen molar-refractivity contribution in [2.45, 2.75) is 102 Å². The number of esters is 3. The van der Waals surface area contributed by atoms with Crippen molar-refractivity contribution in [3.8, 4) is 0 Å². The Morgan fingerprint density at radius 2 is 1.46 bits per heavy atom. The van der Waals surface area contributed by atoms with Crippen molar-refractivity contribution in [1.29, 1.82) is 0 Å². The first kappa shape index (κ1) is 46.4. The maximum Gasteiger partial charge on any atom is 0.509 e. The second-order valence-corrected chi connectivity index (χ2v) is 18.9. The molecule has 4 aromatic rings. The molecule has 0 spiro atoms. The zero-order valence-corrected chi connectivity index (χ0v) is 38.2. The van der Waals surface area contributed by atoms with Crippen LogP contribution in [0.25, 0.3) is 0 Å². The molecule has 68 heavy (non-hydrogen) atoms. The number of aliphatic hydroxyl groups is 2. The Bertz CT molecular complexity index is 2670. The van der Waals surface area contributed by atoms with Crippen LogP contribution < -0.4 is 5.32 Å². The van der Waals surface area contributed by atoms with Gasteiger partial charge in [0.2, 0.25) is 6.10 Å². The lowest BCUT2D eigenvalue weighted by atomic mass is 9.31. The number of fused-ring (bicyclic) bond motifs is 3. The van der Waals surface area contributed by atoms with Crippen molar-refractivity contribution in [1.82, 2.24) is 5.32 Å². The molecule has 15 nitrogen and oxygen atoms in total. The van der Waals surface area contributed by atoms with Gasteiger partial charge in [0.25, 0.3) is 5.91 Å². The van der Waals surface area contributed by atoms with Crippen molar-refractivity contribution in [3.05, 3.63) is 154 Å². The summed E-state index contributed by atoms with van der Waals surface area (Å²) in [5.41, 5.74) is -4.82. The largest absolute Gasteiger partial charge is 0.509 e. The Kier molecular flexibility index (Phi) is 11.9. The third-order valence-electron chi connectivity index (χ3n) is 15.4. The van der Waals surface area contributed by atoms with E-state index in [1.807, 2.05) is 19.1 Å². The van der Waals surface area contributed by atoms with Gasteiger partial charge in [-0.1, -0.05) is 96.6 Å². The van der Waals surface area contributed by atoms with E-state index >= 15 is 9.59 Å². The van der Waals surface area contributed by atoms with Gasteiger partial charge in [0.05, 0.1) is 35.2 Å². The lowest BCUT2D eigenvalue weighted by Crippen LogP contribution is -2.88. The van der Waals surface area contributed by atoms with Crippen molar-refractivity contribution >= 4 is 35.8 Å². The summed E-state index contributed by atoms with van der Waals surface area (Å²) in [6, 6.07) is 30.5. The zero-order valence-electron chi connectivity index (χ0n) is 38.2. The fourth-order valence-electron chi connectivity index (χ4n) is 11.6. The number of aryl methyl sites for hydroxylation is 1. The summed E-state index contributed by atoms with van der Waals surface area (Å²) < 4.78 is 36.2. The molecule has 0 aromatic heterocycles. The molecule has 15 heteroatoms. The van der Waals surface area contributed by atoms with E-state index in [0.717, 1.165) is 12.5 Å². The minimum absolute atomic E-state index is 0.0586. The normalized spacial score (nSPS) is 31.7. The fraction of sp³-hybridized carbons (Fsp3) is 0.396. The SMILES string of the molecule is CC(=O)OC1C(=O)C2(C)C(O)CC3OC[C@H]3[C@H]2[C@H](OC(=O)c2ccccc2)C2(O)C[C@@]3(OC(=O)[C@H](OC(=O)OCc4ccc(C)cc4)C(NC(=O)c4ccccc4)c4ccccc4)C(C)=C1C23C. The van der Waals surface area contributed by atoms with Crippen LogP contribution in [0.1, 0.15) is 84.0 Å². The van der Waals surface area contributed by atoms with Gasteiger partial charge in [-0.2, -0.15) is 0 Å². The molecule has 4 aliphatic carbocycles. The smallest absolute Gasteiger partial charge is 0.455 e. The minimum Gasteiger partial charge on any atom is -0.455 e. The van der Waals surface area contributed by atoms with Crippen molar-refractivity contribution in [3.63, 3.8) is 0 Å². The Labute approximate surface area is 392 Å². The van der Waals surface area contributed by atoms with Gasteiger partial charge >= 0.3 is 24.1 Å². The van der Waals surface area contributed by atoms with Crippen molar-refractivity contribution in [2.75, 3.05) is 6.61 Å². The van der Waals surface area contributed by atoms with E-state index in [-0.39, 0.29) is 41.9 Å². The molecule has 1 saturated heterocycles. The average molecular weight is 928 g/mol. The van der Waals surface area contributed by atoms with Gasteiger partial charge in [0.1, 0.15) is 30.0 Å². The second-order valence-electron chi connectivity index (χ2n) is 18.9. The highest BCUT2D eigenvalue weighted by Crippen LogP contribution is 2.78. The van der Waals surface area contributed by atoms with E-state index in [4.69, 9.17) is 28.4 Å². The molecule has 5 aliphatic rings. The molecule has 4 aromatic carbocycles. The number of amides is 1. The van der Waals surface area contributed by atoms with Gasteiger partial charge in [-0.3, -0.25) is 14.4 Å². The Morgan fingerprint density at radius 3 is 2.06 bits per heavy atom. The molecule has 1 amide bonds.